The number of piperazine rings is 1. The van der Waals surface area contributed by atoms with E-state index in [2.05, 4.69) is 94.7 Å². The lowest BCUT2D eigenvalue weighted by Crippen LogP contribution is -2.53. The van der Waals surface area contributed by atoms with Crippen molar-refractivity contribution < 1.29 is 4.79 Å². The molecule has 1 fully saturated rings. The van der Waals surface area contributed by atoms with Crippen LogP contribution >= 0.6 is 0 Å². The molecule has 0 radical (unpaired) electrons. The molecule has 1 aliphatic heterocycles. The molecule has 0 bridgehead atoms. The summed E-state index contributed by atoms with van der Waals surface area (Å²) in [6.45, 7) is 3.12. The highest BCUT2D eigenvalue weighted by Gasteiger charge is 2.29. The Bertz CT molecular complexity index is 884. The van der Waals surface area contributed by atoms with Gasteiger partial charge < -0.3 is 4.90 Å². The standard InChI is InChI=1S/C28H32N2O/c31-28-23-29(22-26-14-8-3-9-15-26)20-21-30(28)27(18-16-24-10-4-1-5-11-24)19-17-25-12-6-2-7-13-25/h1-15,27H,16-23H2. The number of rotatable bonds is 9. The van der Waals surface area contributed by atoms with Crippen molar-refractivity contribution in [3.63, 3.8) is 0 Å². The molecule has 0 unspecified atom stereocenters. The number of amides is 1. The first-order chi connectivity index (χ1) is 15.3. The molecule has 1 amide bonds. The third-order valence-corrected chi connectivity index (χ3v) is 6.24. The van der Waals surface area contributed by atoms with Gasteiger partial charge in [-0.15, -0.1) is 0 Å². The minimum Gasteiger partial charge on any atom is -0.337 e. The molecule has 31 heavy (non-hydrogen) atoms. The van der Waals surface area contributed by atoms with E-state index in [1.165, 1.54) is 16.7 Å². The second-order valence-corrected chi connectivity index (χ2v) is 8.49. The maximum atomic E-state index is 13.1. The van der Waals surface area contributed by atoms with Crippen LogP contribution < -0.4 is 0 Å². The van der Waals surface area contributed by atoms with Gasteiger partial charge in [0, 0.05) is 25.7 Å². The summed E-state index contributed by atoms with van der Waals surface area (Å²) in [5.74, 6) is 0.272. The summed E-state index contributed by atoms with van der Waals surface area (Å²) in [5.41, 5.74) is 3.97. The molecule has 0 spiro atoms. The highest BCUT2D eigenvalue weighted by atomic mass is 16.2. The van der Waals surface area contributed by atoms with Gasteiger partial charge in [0.05, 0.1) is 6.54 Å². The molecular formula is C28H32N2O. The number of nitrogens with zero attached hydrogens (tertiary/aromatic N) is 2. The van der Waals surface area contributed by atoms with Crippen LogP contribution in [0.15, 0.2) is 91.0 Å². The van der Waals surface area contributed by atoms with Crippen molar-refractivity contribution >= 4 is 5.91 Å². The van der Waals surface area contributed by atoms with Gasteiger partial charge >= 0.3 is 0 Å². The van der Waals surface area contributed by atoms with Crippen LogP contribution in [0.3, 0.4) is 0 Å². The second kappa shape index (κ2) is 10.9. The van der Waals surface area contributed by atoms with Gasteiger partial charge in [-0.3, -0.25) is 9.69 Å². The predicted octanol–water partition coefficient (Wildman–Crippen LogP) is 4.97. The van der Waals surface area contributed by atoms with E-state index < -0.39 is 0 Å². The molecule has 160 valence electrons. The summed E-state index contributed by atoms with van der Waals surface area (Å²) in [4.78, 5) is 17.6. The largest absolute Gasteiger partial charge is 0.337 e. The zero-order chi connectivity index (χ0) is 21.3. The van der Waals surface area contributed by atoms with Gasteiger partial charge in [0.25, 0.3) is 0 Å². The van der Waals surface area contributed by atoms with Crippen LogP contribution in [0, 0.1) is 0 Å². The first-order valence-corrected chi connectivity index (χ1v) is 11.4. The highest BCUT2D eigenvalue weighted by molar-refractivity contribution is 5.79. The minimum atomic E-state index is 0.272. The third kappa shape index (κ3) is 6.28. The molecule has 1 saturated heterocycles. The van der Waals surface area contributed by atoms with E-state index in [1.54, 1.807) is 0 Å². The number of hydrogen-bond acceptors (Lipinski definition) is 2. The molecule has 3 aromatic carbocycles. The Morgan fingerprint density at radius 3 is 1.61 bits per heavy atom. The molecule has 3 aromatic rings. The minimum absolute atomic E-state index is 0.272. The van der Waals surface area contributed by atoms with Crippen LogP contribution in [0.2, 0.25) is 0 Å². The average Bonchev–Trinajstić information content (AvgIpc) is 2.82. The van der Waals surface area contributed by atoms with E-state index in [-0.39, 0.29) is 11.9 Å². The lowest BCUT2D eigenvalue weighted by Gasteiger charge is -2.39. The van der Waals surface area contributed by atoms with E-state index in [0.29, 0.717) is 6.54 Å². The van der Waals surface area contributed by atoms with Crippen molar-refractivity contribution in [3.8, 4) is 0 Å². The molecule has 0 aromatic heterocycles. The van der Waals surface area contributed by atoms with Crippen molar-refractivity contribution in [2.24, 2.45) is 0 Å². The molecule has 0 saturated carbocycles. The number of benzene rings is 3. The lowest BCUT2D eigenvalue weighted by atomic mass is 9.97. The summed E-state index contributed by atoms with van der Waals surface area (Å²) >= 11 is 0. The monoisotopic (exact) mass is 412 g/mol. The molecule has 0 aliphatic carbocycles. The SMILES string of the molecule is O=C1CN(Cc2ccccc2)CCN1C(CCc1ccccc1)CCc1ccccc1. The van der Waals surface area contributed by atoms with Crippen molar-refractivity contribution in [3.05, 3.63) is 108 Å². The number of carbonyl (C=O) groups excluding carboxylic acids is 1. The molecule has 3 nitrogen and oxygen atoms in total. The van der Waals surface area contributed by atoms with Crippen LogP contribution in [0.5, 0.6) is 0 Å². The summed E-state index contributed by atoms with van der Waals surface area (Å²) in [6, 6.07) is 32.0. The smallest absolute Gasteiger partial charge is 0.237 e. The van der Waals surface area contributed by atoms with Crippen molar-refractivity contribution in [2.45, 2.75) is 38.3 Å². The molecule has 3 heteroatoms. The summed E-state index contributed by atoms with van der Waals surface area (Å²) in [7, 11) is 0. The Kier molecular flexibility index (Phi) is 7.51. The van der Waals surface area contributed by atoms with Crippen LogP contribution in [0.1, 0.15) is 29.5 Å². The lowest BCUT2D eigenvalue weighted by molar-refractivity contribution is -0.139. The summed E-state index contributed by atoms with van der Waals surface area (Å²) in [5, 5.41) is 0. The first kappa shape index (κ1) is 21.3. The Balaban J connectivity index is 1.39. The van der Waals surface area contributed by atoms with E-state index in [0.717, 1.165) is 45.3 Å². The van der Waals surface area contributed by atoms with Gasteiger partial charge in [0.1, 0.15) is 0 Å². The van der Waals surface area contributed by atoms with Crippen molar-refractivity contribution in [2.75, 3.05) is 19.6 Å². The Morgan fingerprint density at radius 2 is 1.13 bits per heavy atom. The first-order valence-electron chi connectivity index (χ1n) is 11.4. The number of aryl methyl sites for hydroxylation is 2. The van der Waals surface area contributed by atoms with Crippen LogP contribution in [-0.2, 0) is 24.2 Å². The zero-order valence-corrected chi connectivity index (χ0v) is 18.2. The van der Waals surface area contributed by atoms with Gasteiger partial charge in [0.15, 0.2) is 0 Å². The second-order valence-electron chi connectivity index (χ2n) is 8.49. The zero-order valence-electron chi connectivity index (χ0n) is 18.2. The van der Waals surface area contributed by atoms with E-state index >= 15 is 0 Å². The predicted molar refractivity (Wildman–Crippen MR) is 127 cm³/mol. The van der Waals surface area contributed by atoms with Gasteiger partial charge in [-0.25, -0.2) is 0 Å². The molecule has 1 heterocycles. The van der Waals surface area contributed by atoms with Crippen LogP contribution in [0.25, 0.3) is 0 Å². The normalized spacial score (nSPS) is 14.9. The van der Waals surface area contributed by atoms with Gasteiger partial charge in [-0.1, -0.05) is 91.0 Å². The van der Waals surface area contributed by atoms with Gasteiger partial charge in [0.2, 0.25) is 5.91 Å². The maximum absolute atomic E-state index is 13.1. The maximum Gasteiger partial charge on any atom is 0.237 e. The third-order valence-electron chi connectivity index (χ3n) is 6.24. The molecule has 4 rings (SSSR count). The molecule has 1 aliphatic rings. The van der Waals surface area contributed by atoms with E-state index in [4.69, 9.17) is 0 Å². The fourth-order valence-corrected chi connectivity index (χ4v) is 4.51. The van der Waals surface area contributed by atoms with Crippen molar-refractivity contribution in [1.29, 1.82) is 0 Å². The molecule has 0 atom stereocenters. The highest BCUT2D eigenvalue weighted by Crippen LogP contribution is 2.20. The molecule has 0 N–H and O–H groups in total. The molecular weight excluding hydrogens is 380 g/mol. The topological polar surface area (TPSA) is 23.6 Å². The van der Waals surface area contributed by atoms with Gasteiger partial charge in [-0.2, -0.15) is 0 Å². The fraction of sp³-hybridized carbons (Fsp3) is 0.321. The van der Waals surface area contributed by atoms with Crippen LogP contribution in [-0.4, -0.2) is 41.4 Å². The Morgan fingerprint density at radius 1 is 0.645 bits per heavy atom. The average molecular weight is 413 g/mol. The van der Waals surface area contributed by atoms with E-state index in [1.807, 2.05) is 6.07 Å². The Hall–Kier alpha value is -2.91. The number of carbonyl (C=O) groups is 1. The summed E-state index contributed by atoms with van der Waals surface area (Å²) < 4.78 is 0. The Labute approximate surface area is 186 Å². The van der Waals surface area contributed by atoms with Gasteiger partial charge in [-0.05, 0) is 42.4 Å². The quantitative estimate of drug-likeness (QED) is 0.496. The van der Waals surface area contributed by atoms with Crippen LogP contribution in [0.4, 0.5) is 0 Å². The summed E-state index contributed by atoms with van der Waals surface area (Å²) in [6.07, 6.45) is 4.05. The number of hydrogen-bond donors (Lipinski definition) is 0. The van der Waals surface area contributed by atoms with Crippen molar-refractivity contribution in [1.82, 2.24) is 9.80 Å². The van der Waals surface area contributed by atoms with E-state index in [9.17, 15) is 4.79 Å². The fourth-order valence-electron chi connectivity index (χ4n) is 4.51.